The molecule has 8 nitrogen and oxygen atoms in total. The molecule has 3 aromatic carbocycles. The summed E-state index contributed by atoms with van der Waals surface area (Å²) in [5.41, 5.74) is 6.50. The van der Waals surface area contributed by atoms with Crippen LogP contribution in [0.4, 0.5) is 0 Å². The lowest BCUT2D eigenvalue weighted by atomic mass is 10.0. The summed E-state index contributed by atoms with van der Waals surface area (Å²) in [5.74, 6) is 0.480. The second-order valence-electron chi connectivity index (χ2n) is 7.82. The van der Waals surface area contributed by atoms with Gasteiger partial charge in [0.2, 0.25) is 0 Å². The lowest BCUT2D eigenvalue weighted by Gasteiger charge is -2.11. The number of amides is 1. The van der Waals surface area contributed by atoms with Gasteiger partial charge in [0.1, 0.15) is 18.1 Å². The highest BCUT2D eigenvalue weighted by Gasteiger charge is 2.15. The van der Waals surface area contributed by atoms with Crippen LogP contribution in [0.2, 0.25) is 0 Å². The maximum absolute atomic E-state index is 13.2. The third-order valence-corrected chi connectivity index (χ3v) is 5.46. The fourth-order valence-electron chi connectivity index (χ4n) is 3.75. The van der Waals surface area contributed by atoms with E-state index >= 15 is 0 Å². The number of carbonyl (C=O) groups is 2. The standard InChI is InChI=1S/C28H25N3O5/c1-18(32)36-17-20-14-19(12-13-26(20)34-2)16-29-31-28(33)23-15-25(22-9-5-7-11-27(22)35-3)30-24-10-6-4-8-21(23)24/h4-16H,17H2,1-3H3,(H,31,33). The normalized spacial score (nSPS) is 10.9. The Labute approximate surface area is 208 Å². The molecule has 1 aromatic heterocycles. The molecule has 1 N–H and O–H groups in total. The van der Waals surface area contributed by atoms with Crippen molar-refractivity contribution < 1.29 is 23.8 Å². The number of hydrogen-bond acceptors (Lipinski definition) is 7. The van der Waals surface area contributed by atoms with E-state index in [1.165, 1.54) is 13.1 Å². The van der Waals surface area contributed by atoms with Crippen LogP contribution in [0, 0.1) is 0 Å². The highest BCUT2D eigenvalue weighted by atomic mass is 16.5. The molecule has 0 fully saturated rings. The molecule has 0 saturated carbocycles. The van der Waals surface area contributed by atoms with E-state index in [0.717, 1.165) is 5.56 Å². The van der Waals surface area contributed by atoms with E-state index in [4.69, 9.17) is 19.2 Å². The van der Waals surface area contributed by atoms with E-state index in [9.17, 15) is 9.59 Å². The van der Waals surface area contributed by atoms with Crippen LogP contribution in [-0.2, 0) is 16.1 Å². The quantitative estimate of drug-likeness (QED) is 0.221. The molecule has 0 aliphatic rings. The van der Waals surface area contributed by atoms with Crippen molar-refractivity contribution in [2.75, 3.05) is 14.2 Å². The minimum Gasteiger partial charge on any atom is -0.496 e. The summed E-state index contributed by atoms with van der Waals surface area (Å²) in [6.07, 6.45) is 1.51. The summed E-state index contributed by atoms with van der Waals surface area (Å²) < 4.78 is 15.9. The average molecular weight is 484 g/mol. The third kappa shape index (κ3) is 5.50. The average Bonchev–Trinajstić information content (AvgIpc) is 2.91. The van der Waals surface area contributed by atoms with Crippen molar-refractivity contribution in [2.24, 2.45) is 5.10 Å². The van der Waals surface area contributed by atoms with Crippen molar-refractivity contribution in [3.8, 4) is 22.8 Å². The number of fused-ring (bicyclic) bond motifs is 1. The zero-order valence-electron chi connectivity index (χ0n) is 20.1. The molecular formula is C28H25N3O5. The number of esters is 1. The van der Waals surface area contributed by atoms with E-state index in [1.807, 2.05) is 48.5 Å². The van der Waals surface area contributed by atoms with Crippen LogP contribution in [0.3, 0.4) is 0 Å². The summed E-state index contributed by atoms with van der Waals surface area (Å²) in [6.45, 7) is 1.41. The van der Waals surface area contributed by atoms with Gasteiger partial charge in [-0.3, -0.25) is 9.59 Å². The SMILES string of the molecule is COc1ccc(C=NNC(=O)c2cc(-c3ccccc3OC)nc3ccccc23)cc1COC(C)=O. The number of para-hydroxylation sites is 2. The molecule has 1 heterocycles. The molecule has 0 saturated heterocycles. The van der Waals surface area contributed by atoms with E-state index in [-0.39, 0.29) is 18.5 Å². The summed E-state index contributed by atoms with van der Waals surface area (Å²) in [4.78, 5) is 29.1. The number of aromatic nitrogens is 1. The van der Waals surface area contributed by atoms with Crippen LogP contribution in [0.15, 0.2) is 77.9 Å². The predicted molar refractivity (Wildman–Crippen MR) is 137 cm³/mol. The molecular weight excluding hydrogens is 458 g/mol. The van der Waals surface area contributed by atoms with Crippen molar-refractivity contribution >= 4 is 29.0 Å². The lowest BCUT2D eigenvalue weighted by Crippen LogP contribution is -2.18. The Morgan fingerprint density at radius 2 is 1.69 bits per heavy atom. The van der Waals surface area contributed by atoms with E-state index in [1.54, 1.807) is 38.5 Å². The maximum Gasteiger partial charge on any atom is 0.302 e. The Bertz CT molecular complexity index is 1450. The van der Waals surface area contributed by atoms with Crippen molar-refractivity contribution in [3.63, 3.8) is 0 Å². The molecule has 36 heavy (non-hydrogen) atoms. The fraction of sp³-hybridized carbons (Fsp3) is 0.143. The number of ether oxygens (including phenoxy) is 3. The lowest BCUT2D eigenvalue weighted by molar-refractivity contribution is -0.142. The smallest absolute Gasteiger partial charge is 0.302 e. The van der Waals surface area contributed by atoms with Crippen LogP contribution >= 0.6 is 0 Å². The molecule has 8 heteroatoms. The topological polar surface area (TPSA) is 99.1 Å². The molecule has 0 atom stereocenters. The van der Waals surface area contributed by atoms with Crippen molar-refractivity contribution in [1.29, 1.82) is 0 Å². The first kappa shape index (κ1) is 24.4. The Morgan fingerprint density at radius 1 is 0.944 bits per heavy atom. The van der Waals surface area contributed by atoms with Gasteiger partial charge in [0.15, 0.2) is 0 Å². The van der Waals surface area contributed by atoms with Crippen molar-refractivity contribution in [1.82, 2.24) is 10.4 Å². The molecule has 0 spiro atoms. The van der Waals surface area contributed by atoms with Gasteiger partial charge in [-0.15, -0.1) is 0 Å². The van der Waals surface area contributed by atoms with Crippen molar-refractivity contribution in [3.05, 3.63) is 89.5 Å². The predicted octanol–water partition coefficient (Wildman–Crippen LogP) is 4.75. The number of carbonyl (C=O) groups excluding carboxylic acids is 2. The molecule has 182 valence electrons. The number of methoxy groups -OCH3 is 2. The fourth-order valence-corrected chi connectivity index (χ4v) is 3.75. The van der Waals surface area contributed by atoms with E-state index in [2.05, 4.69) is 10.5 Å². The van der Waals surface area contributed by atoms with Crippen LogP contribution in [0.1, 0.15) is 28.4 Å². The van der Waals surface area contributed by atoms with Crippen LogP contribution in [-0.4, -0.2) is 37.3 Å². The molecule has 0 bridgehead atoms. The first-order valence-corrected chi connectivity index (χ1v) is 11.2. The monoisotopic (exact) mass is 483 g/mol. The number of pyridine rings is 1. The van der Waals surface area contributed by atoms with Crippen molar-refractivity contribution in [2.45, 2.75) is 13.5 Å². The third-order valence-electron chi connectivity index (χ3n) is 5.46. The van der Waals surface area contributed by atoms with Gasteiger partial charge in [0.25, 0.3) is 5.91 Å². The summed E-state index contributed by atoms with van der Waals surface area (Å²) >= 11 is 0. The minimum absolute atomic E-state index is 0.0707. The van der Waals surface area contributed by atoms with Gasteiger partial charge in [-0.1, -0.05) is 30.3 Å². The van der Waals surface area contributed by atoms with Gasteiger partial charge in [0.05, 0.1) is 37.2 Å². The number of hydrogen-bond donors (Lipinski definition) is 1. The molecule has 1 amide bonds. The largest absolute Gasteiger partial charge is 0.496 e. The Hall–Kier alpha value is -4.72. The van der Waals surface area contributed by atoms with Gasteiger partial charge < -0.3 is 14.2 Å². The molecule has 0 radical (unpaired) electrons. The number of rotatable bonds is 8. The highest BCUT2D eigenvalue weighted by molar-refractivity contribution is 6.07. The van der Waals surface area contributed by atoms with Crippen LogP contribution < -0.4 is 14.9 Å². The summed E-state index contributed by atoms with van der Waals surface area (Å²) in [7, 11) is 3.14. The first-order valence-electron chi connectivity index (χ1n) is 11.2. The maximum atomic E-state index is 13.2. The Kier molecular flexibility index (Phi) is 7.55. The Balaban J connectivity index is 1.61. The zero-order chi connectivity index (χ0) is 25.5. The van der Waals surface area contributed by atoms with Crippen LogP contribution in [0.5, 0.6) is 11.5 Å². The Morgan fingerprint density at radius 3 is 2.47 bits per heavy atom. The first-order chi connectivity index (χ1) is 17.5. The van der Waals surface area contributed by atoms with Gasteiger partial charge >= 0.3 is 5.97 Å². The van der Waals surface area contributed by atoms with Gasteiger partial charge in [0, 0.05) is 23.4 Å². The minimum atomic E-state index is -0.388. The number of benzene rings is 3. The van der Waals surface area contributed by atoms with Gasteiger partial charge in [-0.05, 0) is 48.0 Å². The second-order valence-corrected chi connectivity index (χ2v) is 7.82. The molecule has 0 unspecified atom stereocenters. The molecule has 0 aliphatic carbocycles. The van der Waals surface area contributed by atoms with E-state index in [0.29, 0.717) is 44.8 Å². The van der Waals surface area contributed by atoms with E-state index < -0.39 is 0 Å². The second kappa shape index (κ2) is 11.1. The van der Waals surface area contributed by atoms with Gasteiger partial charge in [-0.2, -0.15) is 5.10 Å². The summed E-state index contributed by atoms with van der Waals surface area (Å²) in [5, 5.41) is 4.84. The van der Waals surface area contributed by atoms with Gasteiger partial charge in [-0.25, -0.2) is 10.4 Å². The molecule has 4 rings (SSSR count). The number of nitrogens with zero attached hydrogens (tertiary/aromatic N) is 2. The molecule has 0 aliphatic heterocycles. The number of hydrazone groups is 1. The zero-order valence-corrected chi connectivity index (χ0v) is 20.1. The summed E-state index contributed by atoms with van der Waals surface area (Å²) in [6, 6.07) is 22.0. The van der Waals surface area contributed by atoms with Crippen LogP contribution in [0.25, 0.3) is 22.2 Å². The molecule has 4 aromatic rings. The number of nitrogens with one attached hydrogen (secondary N) is 1. The highest BCUT2D eigenvalue weighted by Crippen LogP contribution is 2.31.